The largest absolute Gasteiger partial charge is 0.508 e. The fraction of sp³-hybridized carbons (Fsp3) is 0.333. The van der Waals surface area contributed by atoms with Crippen molar-refractivity contribution in [3.8, 4) is 5.75 Å². The maximum atomic E-state index is 12.4. The van der Waals surface area contributed by atoms with Crippen molar-refractivity contribution in [1.29, 1.82) is 0 Å². The molecule has 0 aromatic heterocycles. The standard InChI is InChI=1S/C9H7F3O2/c10-9(11,12)8-7-5(4-14-8)2-1-3-6(7)13/h1-3,8,13H,4H2. The summed E-state index contributed by atoms with van der Waals surface area (Å²) < 4.78 is 41.7. The third-order valence-corrected chi connectivity index (χ3v) is 2.14. The smallest absolute Gasteiger partial charge is 0.419 e. The normalized spacial score (nSPS) is 20.9. The van der Waals surface area contributed by atoms with Gasteiger partial charge in [0, 0.05) is 5.56 Å². The van der Waals surface area contributed by atoms with Gasteiger partial charge in [0.15, 0.2) is 6.10 Å². The zero-order valence-corrected chi connectivity index (χ0v) is 7.01. The van der Waals surface area contributed by atoms with E-state index in [-0.39, 0.29) is 17.9 Å². The molecule has 0 radical (unpaired) electrons. The molecule has 2 nitrogen and oxygen atoms in total. The van der Waals surface area contributed by atoms with Gasteiger partial charge in [0.2, 0.25) is 0 Å². The van der Waals surface area contributed by atoms with Crippen LogP contribution in [0.1, 0.15) is 17.2 Å². The van der Waals surface area contributed by atoms with E-state index in [1.54, 1.807) is 0 Å². The molecule has 1 unspecified atom stereocenters. The van der Waals surface area contributed by atoms with Crippen molar-refractivity contribution in [2.24, 2.45) is 0 Å². The highest BCUT2D eigenvalue weighted by Gasteiger charge is 2.47. The molecule has 0 fully saturated rings. The number of fused-ring (bicyclic) bond motifs is 1. The Kier molecular flexibility index (Phi) is 1.92. The van der Waals surface area contributed by atoms with Crippen LogP contribution in [0, 0.1) is 0 Å². The molecule has 0 aliphatic carbocycles. The van der Waals surface area contributed by atoms with E-state index >= 15 is 0 Å². The zero-order chi connectivity index (χ0) is 10.3. The lowest BCUT2D eigenvalue weighted by atomic mass is 10.0. The second-order valence-electron chi connectivity index (χ2n) is 3.08. The Morgan fingerprint density at radius 2 is 2.07 bits per heavy atom. The molecule has 1 aromatic carbocycles. The predicted octanol–water partition coefficient (Wildman–Crippen LogP) is 2.53. The van der Waals surface area contributed by atoms with Gasteiger partial charge in [-0.2, -0.15) is 13.2 Å². The Morgan fingerprint density at radius 3 is 2.71 bits per heavy atom. The molecular weight excluding hydrogens is 197 g/mol. The lowest BCUT2D eigenvalue weighted by Crippen LogP contribution is -2.19. The first kappa shape index (κ1) is 9.33. The average molecular weight is 204 g/mol. The predicted molar refractivity (Wildman–Crippen MR) is 41.7 cm³/mol. The minimum atomic E-state index is -4.47. The lowest BCUT2D eigenvalue weighted by molar-refractivity contribution is -0.219. The maximum absolute atomic E-state index is 12.4. The number of benzene rings is 1. The van der Waals surface area contributed by atoms with Gasteiger partial charge >= 0.3 is 6.18 Å². The lowest BCUT2D eigenvalue weighted by Gasteiger charge is -2.15. The van der Waals surface area contributed by atoms with Crippen molar-refractivity contribution >= 4 is 0 Å². The molecule has 0 saturated carbocycles. The zero-order valence-electron chi connectivity index (χ0n) is 7.01. The van der Waals surface area contributed by atoms with E-state index in [1.165, 1.54) is 18.2 Å². The number of hydrogen-bond donors (Lipinski definition) is 1. The van der Waals surface area contributed by atoms with E-state index in [0.29, 0.717) is 5.56 Å². The van der Waals surface area contributed by atoms with Crippen LogP contribution in [-0.4, -0.2) is 11.3 Å². The molecule has 1 aliphatic rings. The second kappa shape index (κ2) is 2.88. The molecule has 0 amide bonds. The molecule has 2 rings (SSSR count). The third kappa shape index (κ3) is 1.33. The second-order valence-corrected chi connectivity index (χ2v) is 3.08. The summed E-state index contributed by atoms with van der Waals surface area (Å²) in [6.45, 7) is -0.103. The van der Waals surface area contributed by atoms with E-state index in [1.807, 2.05) is 0 Å². The third-order valence-electron chi connectivity index (χ3n) is 2.14. The van der Waals surface area contributed by atoms with Gasteiger partial charge in [0.25, 0.3) is 0 Å². The highest BCUT2D eigenvalue weighted by atomic mass is 19.4. The molecule has 1 N–H and O–H groups in total. The highest BCUT2D eigenvalue weighted by Crippen LogP contribution is 2.45. The van der Waals surface area contributed by atoms with Gasteiger partial charge in [-0.15, -0.1) is 0 Å². The fourth-order valence-corrected chi connectivity index (χ4v) is 1.54. The van der Waals surface area contributed by atoms with Crippen LogP contribution >= 0.6 is 0 Å². The van der Waals surface area contributed by atoms with Gasteiger partial charge in [0.1, 0.15) is 5.75 Å². The van der Waals surface area contributed by atoms with E-state index < -0.39 is 12.3 Å². The molecule has 14 heavy (non-hydrogen) atoms. The fourth-order valence-electron chi connectivity index (χ4n) is 1.54. The molecule has 5 heteroatoms. The van der Waals surface area contributed by atoms with Crippen LogP contribution in [0.5, 0.6) is 5.75 Å². The molecule has 0 saturated heterocycles. The minimum Gasteiger partial charge on any atom is -0.508 e. The SMILES string of the molecule is Oc1cccc2c1C(C(F)(F)F)OC2. The first-order chi connectivity index (χ1) is 6.50. The number of hydrogen-bond acceptors (Lipinski definition) is 2. The summed E-state index contributed by atoms with van der Waals surface area (Å²) in [5.74, 6) is -0.359. The molecule has 76 valence electrons. The summed E-state index contributed by atoms with van der Waals surface area (Å²) in [6.07, 6.45) is -6.46. The molecule has 1 heterocycles. The van der Waals surface area contributed by atoms with Gasteiger partial charge in [-0.25, -0.2) is 0 Å². The van der Waals surface area contributed by atoms with Crippen molar-refractivity contribution in [2.75, 3.05) is 0 Å². The van der Waals surface area contributed by atoms with E-state index in [2.05, 4.69) is 4.74 Å². The number of aromatic hydroxyl groups is 1. The number of ether oxygens (including phenoxy) is 1. The average Bonchev–Trinajstić information content (AvgIpc) is 2.47. The van der Waals surface area contributed by atoms with Crippen molar-refractivity contribution in [3.05, 3.63) is 29.3 Å². The monoisotopic (exact) mass is 204 g/mol. The number of phenols is 1. The maximum Gasteiger partial charge on any atom is 0.419 e. The summed E-state index contributed by atoms with van der Waals surface area (Å²) in [6, 6.07) is 4.24. The van der Waals surface area contributed by atoms with Crippen molar-refractivity contribution < 1.29 is 23.0 Å². The molecule has 1 atom stereocenters. The number of phenolic OH excluding ortho intramolecular Hbond substituents is 1. The van der Waals surface area contributed by atoms with Crippen LogP contribution in [0.4, 0.5) is 13.2 Å². The van der Waals surface area contributed by atoms with Gasteiger partial charge in [-0.05, 0) is 11.6 Å². The van der Waals surface area contributed by atoms with Gasteiger partial charge in [0.05, 0.1) is 6.61 Å². The van der Waals surface area contributed by atoms with Crippen LogP contribution in [0.3, 0.4) is 0 Å². The first-order valence-electron chi connectivity index (χ1n) is 3.99. The highest BCUT2D eigenvalue weighted by molar-refractivity contribution is 5.43. The Balaban J connectivity index is 2.48. The number of halogens is 3. The Labute approximate surface area is 77.9 Å². The Bertz CT molecular complexity index is 360. The van der Waals surface area contributed by atoms with Gasteiger partial charge in [-0.3, -0.25) is 0 Å². The van der Waals surface area contributed by atoms with E-state index in [0.717, 1.165) is 0 Å². The van der Waals surface area contributed by atoms with Crippen molar-refractivity contribution in [3.63, 3.8) is 0 Å². The summed E-state index contributed by atoms with van der Waals surface area (Å²) >= 11 is 0. The Hall–Kier alpha value is -1.23. The summed E-state index contributed by atoms with van der Waals surface area (Å²) in [5.41, 5.74) is 0.243. The summed E-state index contributed by atoms with van der Waals surface area (Å²) in [4.78, 5) is 0. The quantitative estimate of drug-likeness (QED) is 0.703. The minimum absolute atomic E-state index is 0.103. The van der Waals surface area contributed by atoms with E-state index in [9.17, 15) is 18.3 Å². The van der Waals surface area contributed by atoms with Gasteiger partial charge in [-0.1, -0.05) is 12.1 Å². The first-order valence-corrected chi connectivity index (χ1v) is 3.99. The van der Waals surface area contributed by atoms with Crippen LogP contribution < -0.4 is 0 Å². The van der Waals surface area contributed by atoms with Crippen LogP contribution in [-0.2, 0) is 11.3 Å². The molecular formula is C9H7F3O2. The topological polar surface area (TPSA) is 29.5 Å². The molecule has 0 spiro atoms. The summed E-state index contributed by atoms with van der Waals surface area (Å²) in [7, 11) is 0. The van der Waals surface area contributed by atoms with Crippen LogP contribution in [0.2, 0.25) is 0 Å². The van der Waals surface area contributed by atoms with Crippen molar-refractivity contribution in [2.45, 2.75) is 18.9 Å². The van der Waals surface area contributed by atoms with Crippen molar-refractivity contribution in [1.82, 2.24) is 0 Å². The number of alkyl halides is 3. The van der Waals surface area contributed by atoms with Gasteiger partial charge < -0.3 is 9.84 Å². The molecule has 1 aliphatic heterocycles. The Morgan fingerprint density at radius 1 is 1.36 bits per heavy atom. The van der Waals surface area contributed by atoms with E-state index in [4.69, 9.17) is 0 Å². The molecule has 1 aromatic rings. The van der Waals surface area contributed by atoms with Crippen LogP contribution in [0.25, 0.3) is 0 Å². The van der Waals surface area contributed by atoms with Crippen LogP contribution in [0.15, 0.2) is 18.2 Å². The summed E-state index contributed by atoms with van der Waals surface area (Å²) in [5, 5.41) is 9.29. The molecule has 0 bridgehead atoms. The number of rotatable bonds is 0.